The van der Waals surface area contributed by atoms with Crippen molar-refractivity contribution < 1.29 is 18.3 Å². The van der Waals surface area contributed by atoms with Crippen molar-refractivity contribution in [3.05, 3.63) is 34.3 Å². The second-order valence-electron chi connectivity index (χ2n) is 4.48. The van der Waals surface area contributed by atoms with Gasteiger partial charge >= 0.3 is 6.18 Å². The number of aliphatic hydroxyl groups is 1. The summed E-state index contributed by atoms with van der Waals surface area (Å²) in [6.45, 7) is -0.252. The first-order valence-electron chi connectivity index (χ1n) is 5.37. The maximum atomic E-state index is 12.9. The van der Waals surface area contributed by atoms with E-state index in [4.69, 9.17) is 11.6 Å². The third kappa shape index (κ3) is 2.16. The molecule has 0 spiro atoms. The highest BCUT2D eigenvalue weighted by Crippen LogP contribution is 2.48. The van der Waals surface area contributed by atoms with E-state index < -0.39 is 17.2 Å². The molecule has 0 amide bonds. The normalized spacial score (nSPS) is 18.9. The highest BCUT2D eigenvalue weighted by Gasteiger charge is 2.44. The third-order valence-electron chi connectivity index (χ3n) is 3.47. The van der Waals surface area contributed by atoms with Crippen molar-refractivity contribution in [3.8, 4) is 0 Å². The Kier molecular flexibility index (Phi) is 3.12. The van der Waals surface area contributed by atoms with Crippen molar-refractivity contribution >= 4 is 11.6 Å². The summed E-state index contributed by atoms with van der Waals surface area (Å²) >= 11 is 5.61. The van der Waals surface area contributed by atoms with Crippen LogP contribution in [-0.4, -0.2) is 11.7 Å². The number of hydrogen-bond donors (Lipinski definition) is 1. The van der Waals surface area contributed by atoms with E-state index in [1.54, 1.807) is 0 Å². The Morgan fingerprint density at radius 3 is 2.35 bits per heavy atom. The van der Waals surface area contributed by atoms with Gasteiger partial charge in [-0.2, -0.15) is 13.2 Å². The zero-order chi connectivity index (χ0) is 12.7. The molecule has 1 N–H and O–H groups in total. The molecule has 17 heavy (non-hydrogen) atoms. The van der Waals surface area contributed by atoms with Crippen LogP contribution in [0.2, 0.25) is 5.02 Å². The van der Waals surface area contributed by atoms with Crippen LogP contribution in [0, 0.1) is 0 Å². The SMILES string of the molecule is OCC1(c2ccc(Cl)cc2C(F)(F)F)CCC1. The van der Waals surface area contributed by atoms with E-state index in [1.165, 1.54) is 12.1 Å². The van der Waals surface area contributed by atoms with Crippen LogP contribution >= 0.6 is 11.6 Å². The van der Waals surface area contributed by atoms with Crippen molar-refractivity contribution in [3.63, 3.8) is 0 Å². The topological polar surface area (TPSA) is 20.2 Å². The highest BCUT2D eigenvalue weighted by molar-refractivity contribution is 6.30. The second kappa shape index (κ2) is 4.18. The Morgan fingerprint density at radius 2 is 1.94 bits per heavy atom. The molecule has 0 radical (unpaired) electrons. The number of benzene rings is 1. The molecule has 0 unspecified atom stereocenters. The van der Waals surface area contributed by atoms with Crippen LogP contribution in [0.5, 0.6) is 0 Å². The standard InChI is InChI=1S/C12H12ClF3O/c13-8-2-3-9(10(6-8)12(14,15)16)11(7-17)4-1-5-11/h2-3,6,17H,1,4-5,7H2. The fourth-order valence-electron chi connectivity index (χ4n) is 2.33. The van der Waals surface area contributed by atoms with Gasteiger partial charge in [-0.25, -0.2) is 0 Å². The molecule has 0 aliphatic heterocycles. The quantitative estimate of drug-likeness (QED) is 0.862. The zero-order valence-corrected chi connectivity index (χ0v) is 9.78. The van der Waals surface area contributed by atoms with E-state index >= 15 is 0 Å². The Bertz CT molecular complexity index is 419. The van der Waals surface area contributed by atoms with Gasteiger partial charge in [0, 0.05) is 10.4 Å². The molecule has 0 atom stereocenters. The molecule has 5 heteroatoms. The maximum Gasteiger partial charge on any atom is 0.416 e. The van der Waals surface area contributed by atoms with Crippen molar-refractivity contribution in [2.45, 2.75) is 30.9 Å². The molecule has 1 aliphatic carbocycles. The van der Waals surface area contributed by atoms with Gasteiger partial charge in [0.25, 0.3) is 0 Å². The van der Waals surface area contributed by atoms with Crippen LogP contribution < -0.4 is 0 Å². The summed E-state index contributed by atoms with van der Waals surface area (Å²) in [5, 5.41) is 9.41. The van der Waals surface area contributed by atoms with Crippen molar-refractivity contribution in [1.82, 2.24) is 0 Å². The largest absolute Gasteiger partial charge is 0.416 e. The average Bonchev–Trinajstić information content (AvgIpc) is 2.17. The van der Waals surface area contributed by atoms with Crippen LogP contribution in [-0.2, 0) is 11.6 Å². The Balaban J connectivity index is 2.53. The van der Waals surface area contributed by atoms with Crippen molar-refractivity contribution in [1.29, 1.82) is 0 Å². The number of halogens is 4. The van der Waals surface area contributed by atoms with Crippen LogP contribution in [0.4, 0.5) is 13.2 Å². The van der Waals surface area contributed by atoms with Gasteiger partial charge in [-0.3, -0.25) is 0 Å². The Hall–Kier alpha value is -0.740. The van der Waals surface area contributed by atoms with E-state index in [1.807, 2.05) is 0 Å². The molecular formula is C12H12ClF3O. The zero-order valence-electron chi connectivity index (χ0n) is 9.02. The minimum atomic E-state index is -4.43. The summed E-state index contributed by atoms with van der Waals surface area (Å²) in [6, 6.07) is 3.77. The maximum absolute atomic E-state index is 12.9. The van der Waals surface area contributed by atoms with Crippen molar-refractivity contribution in [2.24, 2.45) is 0 Å². The summed E-state index contributed by atoms with van der Waals surface area (Å²) < 4.78 is 38.7. The fourth-order valence-corrected chi connectivity index (χ4v) is 2.50. The first kappa shape index (κ1) is 12.7. The summed E-state index contributed by atoms with van der Waals surface area (Å²) in [6.07, 6.45) is -2.40. The lowest BCUT2D eigenvalue weighted by molar-refractivity contribution is -0.139. The van der Waals surface area contributed by atoms with Crippen molar-refractivity contribution in [2.75, 3.05) is 6.61 Å². The summed E-state index contributed by atoms with van der Waals surface area (Å²) in [7, 11) is 0. The average molecular weight is 265 g/mol. The Labute approximate surface area is 102 Å². The van der Waals surface area contributed by atoms with E-state index in [0.29, 0.717) is 12.8 Å². The van der Waals surface area contributed by atoms with Gasteiger partial charge in [0.05, 0.1) is 12.2 Å². The fraction of sp³-hybridized carbons (Fsp3) is 0.500. The number of alkyl halides is 3. The van der Waals surface area contributed by atoms with Gasteiger partial charge in [0.1, 0.15) is 0 Å². The molecule has 2 rings (SSSR count). The third-order valence-corrected chi connectivity index (χ3v) is 3.71. The monoisotopic (exact) mass is 264 g/mol. The van der Waals surface area contributed by atoms with Gasteiger partial charge in [-0.15, -0.1) is 0 Å². The number of rotatable bonds is 2. The van der Waals surface area contributed by atoms with E-state index in [0.717, 1.165) is 12.5 Å². The summed E-state index contributed by atoms with van der Waals surface area (Å²) in [5.74, 6) is 0. The first-order valence-corrected chi connectivity index (χ1v) is 5.75. The molecule has 0 bridgehead atoms. The van der Waals surface area contributed by atoms with Crippen LogP contribution in [0.15, 0.2) is 18.2 Å². The summed E-state index contributed by atoms with van der Waals surface area (Å²) in [5.41, 5.74) is -1.28. The molecule has 0 saturated heterocycles. The van der Waals surface area contributed by atoms with Gasteiger partial charge in [-0.05, 0) is 30.5 Å². The molecule has 1 aromatic carbocycles. The van der Waals surface area contributed by atoms with E-state index in [9.17, 15) is 18.3 Å². The Morgan fingerprint density at radius 1 is 1.29 bits per heavy atom. The molecule has 1 nitrogen and oxygen atoms in total. The molecule has 0 aromatic heterocycles. The van der Waals surface area contributed by atoms with E-state index in [2.05, 4.69) is 0 Å². The van der Waals surface area contributed by atoms with Gasteiger partial charge in [0.15, 0.2) is 0 Å². The minimum absolute atomic E-state index is 0.0634. The molecular weight excluding hydrogens is 253 g/mol. The van der Waals surface area contributed by atoms with Crippen LogP contribution in [0.3, 0.4) is 0 Å². The lowest BCUT2D eigenvalue weighted by Crippen LogP contribution is -2.39. The van der Waals surface area contributed by atoms with Gasteiger partial charge in [0.2, 0.25) is 0 Å². The number of aliphatic hydroxyl groups excluding tert-OH is 1. The lowest BCUT2D eigenvalue weighted by atomic mass is 9.64. The van der Waals surface area contributed by atoms with Gasteiger partial charge < -0.3 is 5.11 Å². The molecule has 1 fully saturated rings. The molecule has 0 heterocycles. The van der Waals surface area contributed by atoms with Crippen LogP contribution in [0.25, 0.3) is 0 Å². The lowest BCUT2D eigenvalue weighted by Gasteiger charge is -2.42. The highest BCUT2D eigenvalue weighted by atomic mass is 35.5. The minimum Gasteiger partial charge on any atom is -0.395 e. The number of hydrogen-bond acceptors (Lipinski definition) is 1. The second-order valence-corrected chi connectivity index (χ2v) is 4.92. The first-order chi connectivity index (χ1) is 7.89. The molecule has 1 aromatic rings. The molecule has 1 aliphatic rings. The predicted octanol–water partition coefficient (Wildman–Crippen LogP) is 3.77. The van der Waals surface area contributed by atoms with E-state index in [-0.39, 0.29) is 17.2 Å². The molecule has 94 valence electrons. The molecule has 1 saturated carbocycles. The smallest absolute Gasteiger partial charge is 0.395 e. The summed E-state index contributed by atoms with van der Waals surface area (Å²) in [4.78, 5) is 0. The van der Waals surface area contributed by atoms with Gasteiger partial charge in [-0.1, -0.05) is 24.1 Å². The van der Waals surface area contributed by atoms with Crippen LogP contribution in [0.1, 0.15) is 30.4 Å². The predicted molar refractivity (Wildman–Crippen MR) is 59.1 cm³/mol.